The van der Waals surface area contributed by atoms with Crippen molar-refractivity contribution >= 4 is 80.7 Å². The number of anilines is 2. The Morgan fingerprint density at radius 1 is 0.667 bits per heavy atom. The first kappa shape index (κ1) is 61.1. The van der Waals surface area contributed by atoms with Crippen molar-refractivity contribution in [3.05, 3.63) is 162 Å². The van der Waals surface area contributed by atoms with Crippen LogP contribution in [-0.2, 0) is 35.7 Å². The number of nitriles is 2. The van der Waals surface area contributed by atoms with Gasteiger partial charge in [0.2, 0.25) is 0 Å². The number of halogens is 4. The number of carbonyl (C=O) groups excluding carboxylic acids is 3. The topological polar surface area (TPSA) is 304 Å². The maximum atomic E-state index is 14.6. The first-order valence-corrected chi connectivity index (χ1v) is 25.4. The van der Waals surface area contributed by atoms with Crippen molar-refractivity contribution in [2.24, 2.45) is 5.73 Å². The summed E-state index contributed by atoms with van der Waals surface area (Å²) in [5, 5.41) is 45.4. The zero-order chi connectivity index (χ0) is 59.7. The third kappa shape index (κ3) is 16.7. The predicted octanol–water partition coefficient (Wildman–Crippen LogP) is 10.8. The minimum atomic E-state index is -1.24. The molecule has 25 heteroatoms. The summed E-state index contributed by atoms with van der Waals surface area (Å²) in [5.41, 5.74) is 10.6. The Hall–Kier alpha value is -9.16. The molecule has 0 spiro atoms. The molecule has 0 unspecified atom stereocenters. The second-order valence-electron chi connectivity index (χ2n) is 20.2. The lowest BCUT2D eigenvalue weighted by Crippen LogP contribution is -2.28. The van der Waals surface area contributed by atoms with E-state index in [2.05, 4.69) is 46.1 Å². The molecule has 0 bridgehead atoms. The maximum Gasteiger partial charge on any atom is 0.413 e. The molecule has 2 aromatic carbocycles. The molecule has 21 nitrogen and oxygen atoms in total. The molecule has 0 atom stereocenters. The molecule has 0 radical (unpaired) electrons. The van der Waals surface area contributed by atoms with Crippen molar-refractivity contribution < 1.29 is 42.5 Å². The maximum absolute atomic E-state index is 14.6. The lowest BCUT2D eigenvalue weighted by molar-refractivity contribution is 0.0624. The zero-order valence-corrected chi connectivity index (χ0v) is 47.2. The van der Waals surface area contributed by atoms with Crippen molar-refractivity contribution in [1.29, 1.82) is 10.5 Å². The Kier molecular flexibility index (Phi) is 19.4. The smallest absolute Gasteiger partial charge is 0.413 e. The van der Waals surface area contributed by atoms with Gasteiger partial charge in [-0.25, -0.2) is 33.1 Å². The Labute approximate surface area is 474 Å². The van der Waals surface area contributed by atoms with Gasteiger partial charge in [0.15, 0.2) is 11.4 Å². The van der Waals surface area contributed by atoms with Gasteiger partial charge in [0.25, 0.3) is 5.91 Å². The van der Waals surface area contributed by atoms with Crippen molar-refractivity contribution in [2.45, 2.75) is 107 Å². The van der Waals surface area contributed by atoms with Crippen LogP contribution in [0.5, 0.6) is 0 Å². The SMILES string of the molecule is Cc1cc(NC(=O)OC(C)(C)C)nc(C)c1CN.Cc1cc(NC(=O)OC(C)(C)C)nc(C)c1CNC(=O)c1cn(Cc2cc(F)c3ncc(Cl)cc3c2)nc1C#N.N#Cc1nn(Cc2cc(F)c3ncc(Cl)cc3c2)cc1C(=O)O. The van der Waals surface area contributed by atoms with Gasteiger partial charge in [0.1, 0.15) is 63.2 Å². The van der Waals surface area contributed by atoms with Crippen LogP contribution in [0.3, 0.4) is 0 Å². The van der Waals surface area contributed by atoms with Crippen molar-refractivity contribution in [2.75, 3.05) is 10.6 Å². The number of rotatable bonds is 11. The van der Waals surface area contributed by atoms with Crippen LogP contribution in [-0.4, -0.2) is 79.9 Å². The number of benzene rings is 2. The van der Waals surface area contributed by atoms with Gasteiger partial charge in [-0.1, -0.05) is 23.2 Å². The highest BCUT2D eigenvalue weighted by Crippen LogP contribution is 2.25. The molecule has 6 N–H and O–H groups in total. The van der Waals surface area contributed by atoms with E-state index in [-0.39, 0.29) is 53.2 Å². The molecule has 0 saturated heterocycles. The number of nitrogens with two attached hydrogens (primary N) is 1. The van der Waals surface area contributed by atoms with Gasteiger partial charge < -0.3 is 25.6 Å². The number of carbonyl (C=O) groups is 4. The number of hydrogen-bond acceptors (Lipinski definition) is 15. The van der Waals surface area contributed by atoms with Crippen LogP contribution in [0.15, 0.2) is 73.3 Å². The van der Waals surface area contributed by atoms with Crippen LogP contribution in [0.25, 0.3) is 21.8 Å². The number of fused-ring (bicyclic) bond motifs is 2. The Bertz CT molecular complexity index is 3780. The molecule has 0 aliphatic carbocycles. The predicted molar refractivity (Wildman–Crippen MR) is 299 cm³/mol. The van der Waals surface area contributed by atoms with E-state index < -0.39 is 46.9 Å². The fourth-order valence-corrected chi connectivity index (χ4v) is 8.36. The van der Waals surface area contributed by atoms with E-state index in [1.54, 1.807) is 70.2 Å². The van der Waals surface area contributed by atoms with E-state index in [9.17, 15) is 33.2 Å². The third-order valence-electron chi connectivity index (χ3n) is 11.4. The number of hydrogen-bond donors (Lipinski definition) is 5. The fourth-order valence-electron chi connectivity index (χ4n) is 8.02. The number of aryl methyl sites for hydroxylation is 4. The minimum Gasteiger partial charge on any atom is -0.478 e. The molecule has 0 saturated carbocycles. The number of aromatic nitrogens is 8. The van der Waals surface area contributed by atoms with Crippen LogP contribution in [0.1, 0.15) is 118 Å². The van der Waals surface area contributed by atoms with Gasteiger partial charge in [-0.05, 0) is 151 Å². The third-order valence-corrected chi connectivity index (χ3v) is 11.8. The van der Waals surface area contributed by atoms with E-state index in [1.165, 1.54) is 46.3 Å². The molecule has 0 aliphatic heterocycles. The molecule has 6 heterocycles. The zero-order valence-electron chi connectivity index (χ0n) is 45.7. The Balaban J connectivity index is 0.000000217. The number of nitrogens with zero attached hydrogens (tertiary/aromatic N) is 10. The van der Waals surface area contributed by atoms with Gasteiger partial charge in [-0.2, -0.15) is 20.7 Å². The number of nitrogens with one attached hydrogen (secondary N) is 3. The molecule has 6 aromatic heterocycles. The fraction of sp³-hybridized carbons (Fsp3) is 0.286. The summed E-state index contributed by atoms with van der Waals surface area (Å²) < 4.78 is 41.7. The first-order chi connectivity index (χ1) is 38.0. The summed E-state index contributed by atoms with van der Waals surface area (Å²) in [6, 6.07) is 16.4. The Morgan fingerprint density at radius 3 is 1.47 bits per heavy atom. The van der Waals surface area contributed by atoms with E-state index in [0.29, 0.717) is 55.8 Å². The molecule has 0 aliphatic rings. The van der Waals surface area contributed by atoms with E-state index in [1.807, 2.05) is 47.6 Å². The Morgan fingerprint density at radius 2 is 1.09 bits per heavy atom. The van der Waals surface area contributed by atoms with Gasteiger partial charge >= 0.3 is 18.2 Å². The van der Waals surface area contributed by atoms with Crippen molar-refractivity contribution in [3.63, 3.8) is 0 Å². The molecular weight excluding hydrogens is 1090 g/mol. The molecular formula is C56H56Cl2F2N14O7. The van der Waals surface area contributed by atoms with Gasteiger partial charge in [-0.15, -0.1) is 0 Å². The number of amides is 3. The van der Waals surface area contributed by atoms with Crippen molar-refractivity contribution in [1.82, 2.24) is 44.8 Å². The highest BCUT2D eigenvalue weighted by atomic mass is 35.5. The van der Waals surface area contributed by atoms with Crippen LogP contribution >= 0.6 is 23.2 Å². The molecule has 8 aromatic rings. The molecule has 420 valence electrons. The molecule has 3 amide bonds. The van der Waals surface area contributed by atoms with Gasteiger partial charge in [0.05, 0.1) is 28.7 Å². The largest absolute Gasteiger partial charge is 0.478 e. The molecule has 8 rings (SSSR count). The van der Waals surface area contributed by atoms with E-state index in [4.69, 9.17) is 48.8 Å². The number of carboxylic acid groups (broad SMARTS) is 1. The summed E-state index contributed by atoms with van der Waals surface area (Å²) in [6.45, 7) is 19.0. The van der Waals surface area contributed by atoms with Crippen LogP contribution in [0.2, 0.25) is 10.0 Å². The first-order valence-electron chi connectivity index (χ1n) is 24.6. The van der Waals surface area contributed by atoms with E-state index >= 15 is 0 Å². The number of aromatic carboxylic acids is 1. The summed E-state index contributed by atoms with van der Waals surface area (Å²) >= 11 is 11.9. The normalized spacial score (nSPS) is 11.1. The van der Waals surface area contributed by atoms with Crippen molar-refractivity contribution in [3.8, 4) is 12.1 Å². The average Bonchev–Trinajstić information content (AvgIpc) is 3.96. The number of carboxylic acids is 1. The molecule has 0 fully saturated rings. The lowest BCUT2D eigenvalue weighted by Gasteiger charge is -2.20. The monoisotopic (exact) mass is 1140 g/mol. The lowest BCUT2D eigenvalue weighted by atomic mass is 10.1. The quantitative estimate of drug-likeness (QED) is 0.0804. The van der Waals surface area contributed by atoms with Gasteiger partial charge in [0, 0.05) is 60.0 Å². The highest BCUT2D eigenvalue weighted by Gasteiger charge is 2.22. The number of pyridine rings is 4. The second kappa shape index (κ2) is 25.7. The summed E-state index contributed by atoms with van der Waals surface area (Å²) in [7, 11) is 0. The second-order valence-corrected chi connectivity index (χ2v) is 21.1. The number of ether oxygens (including phenoxy) is 2. The summed E-state index contributed by atoms with van der Waals surface area (Å²) in [6.07, 6.45) is 4.29. The highest BCUT2D eigenvalue weighted by molar-refractivity contribution is 6.31. The van der Waals surface area contributed by atoms with Crippen LogP contribution in [0, 0.1) is 62.0 Å². The van der Waals surface area contributed by atoms with Crippen LogP contribution < -0.4 is 21.7 Å². The summed E-state index contributed by atoms with van der Waals surface area (Å²) in [4.78, 5) is 64.4. The summed E-state index contributed by atoms with van der Waals surface area (Å²) in [5.74, 6) is -1.96. The standard InChI is InChI=1S/C28H27ClFN7O3.C15H8ClFN4O2.C13H21N3O2/c1-15-6-24(35-27(39)40-28(3,4)5)34-16(2)20(15)12-33-26(38)21-14-37(36-23(21)10-31)13-17-7-18-9-19(29)11-32-25(18)22(30)8-17;16-10-3-9-1-8(2-12(17)14(9)19-5-10)6-21-7-11(15(22)23)13(4-18)20-21;1-8-6-11(15-9(2)10(8)7-14)16-12(17)18-13(3,4)5/h6-9,11,14H,12-13H2,1-5H3,(H,33,38)(H,34,35,39);1-3,5,7H,6H2,(H,22,23);6H,7,14H2,1-5H3,(H,15,16,17). The molecule has 81 heavy (non-hydrogen) atoms. The van der Waals surface area contributed by atoms with Gasteiger partial charge in [-0.3, -0.25) is 34.8 Å². The average molecular weight is 1150 g/mol. The van der Waals surface area contributed by atoms with E-state index in [0.717, 1.165) is 27.9 Å². The van der Waals surface area contributed by atoms with Crippen LogP contribution in [0.4, 0.5) is 30.0 Å². The minimum absolute atomic E-state index is 0.0630.